The zero-order chi connectivity index (χ0) is 14.3. The first-order chi connectivity index (χ1) is 9.58. The fourth-order valence-electron chi connectivity index (χ4n) is 3.53. The molecule has 20 heavy (non-hydrogen) atoms. The lowest BCUT2D eigenvalue weighted by Crippen LogP contribution is -2.21. The molecule has 0 spiro atoms. The van der Waals surface area contributed by atoms with Gasteiger partial charge < -0.3 is 4.57 Å². The van der Waals surface area contributed by atoms with Gasteiger partial charge >= 0.3 is 0 Å². The zero-order valence-electron chi connectivity index (χ0n) is 12.7. The highest BCUT2D eigenvalue weighted by molar-refractivity contribution is 5.88. The van der Waals surface area contributed by atoms with Crippen molar-refractivity contribution in [3.05, 3.63) is 35.0 Å². The minimum absolute atomic E-state index is 0.245. The number of aryl methyl sites for hydroxylation is 2. The van der Waals surface area contributed by atoms with Gasteiger partial charge in [-0.05, 0) is 50.3 Å². The summed E-state index contributed by atoms with van der Waals surface area (Å²) in [5.74, 6) is 0.717. The summed E-state index contributed by atoms with van der Waals surface area (Å²) in [6.45, 7) is 4.31. The molecule has 1 aromatic heterocycles. The van der Waals surface area contributed by atoms with E-state index in [9.17, 15) is 4.79 Å². The Labute approximate surface area is 120 Å². The largest absolute Gasteiger partial charge is 0.348 e. The molecule has 0 radical (unpaired) electrons. The van der Waals surface area contributed by atoms with Crippen molar-refractivity contribution in [1.82, 2.24) is 4.57 Å². The third kappa shape index (κ3) is 2.17. The van der Waals surface area contributed by atoms with Gasteiger partial charge in [-0.1, -0.05) is 18.6 Å². The van der Waals surface area contributed by atoms with Gasteiger partial charge in [-0.25, -0.2) is 0 Å². The van der Waals surface area contributed by atoms with Crippen LogP contribution in [0, 0.1) is 19.8 Å². The Balaban J connectivity index is 2.02. The van der Waals surface area contributed by atoms with Crippen molar-refractivity contribution in [2.45, 2.75) is 46.0 Å². The predicted octanol–water partition coefficient (Wildman–Crippen LogP) is 4.10. The Morgan fingerprint density at radius 1 is 1.25 bits per heavy atom. The molecule has 0 amide bonds. The van der Waals surface area contributed by atoms with Crippen molar-refractivity contribution in [1.29, 1.82) is 0 Å². The fourth-order valence-corrected chi connectivity index (χ4v) is 3.53. The van der Waals surface area contributed by atoms with E-state index in [2.05, 4.69) is 43.7 Å². The van der Waals surface area contributed by atoms with Crippen LogP contribution in [0.1, 0.15) is 42.5 Å². The molecule has 0 bridgehead atoms. The van der Waals surface area contributed by atoms with Crippen LogP contribution in [0.25, 0.3) is 10.9 Å². The normalized spacial score (nSPS) is 19.8. The Hall–Kier alpha value is -1.57. The number of hydrogen-bond donors (Lipinski definition) is 0. The Morgan fingerprint density at radius 3 is 2.80 bits per heavy atom. The second kappa shape index (κ2) is 5.08. The van der Waals surface area contributed by atoms with Crippen molar-refractivity contribution in [3.63, 3.8) is 0 Å². The molecule has 0 aliphatic heterocycles. The minimum Gasteiger partial charge on any atom is -0.348 e. The average molecular weight is 269 g/mol. The van der Waals surface area contributed by atoms with E-state index in [4.69, 9.17) is 0 Å². The number of carbonyl (C=O) groups excluding carboxylic acids is 1. The second-order valence-electron chi connectivity index (χ2n) is 6.26. The van der Waals surface area contributed by atoms with E-state index in [0.717, 1.165) is 25.7 Å². The topological polar surface area (TPSA) is 22.0 Å². The van der Waals surface area contributed by atoms with Crippen LogP contribution in [0.3, 0.4) is 0 Å². The number of benzene rings is 1. The van der Waals surface area contributed by atoms with E-state index >= 15 is 0 Å². The molecule has 0 N–H and O–H groups in total. The molecule has 1 aliphatic carbocycles. The van der Waals surface area contributed by atoms with Crippen LogP contribution in [-0.2, 0) is 18.3 Å². The monoisotopic (exact) mass is 269 g/mol. The zero-order valence-corrected chi connectivity index (χ0v) is 12.7. The highest BCUT2D eigenvalue weighted by atomic mass is 16.1. The summed E-state index contributed by atoms with van der Waals surface area (Å²) in [5.41, 5.74) is 5.27. The van der Waals surface area contributed by atoms with Crippen molar-refractivity contribution in [3.8, 4) is 0 Å². The molecule has 2 heteroatoms. The standard InChI is InChI=1S/C18H23NO/c1-12-8-9-15-16(13(2)19(3)17(15)10-12)11-14-6-4-5-7-18(14)20/h8-10,14H,4-7,11H2,1-3H3. The number of fused-ring (bicyclic) bond motifs is 1. The van der Waals surface area contributed by atoms with Gasteiger partial charge in [0, 0.05) is 36.0 Å². The summed E-state index contributed by atoms with van der Waals surface area (Å²) in [4.78, 5) is 12.1. The number of Topliss-reactive ketones (excluding diaryl/α,β-unsaturated/α-hetero) is 1. The predicted molar refractivity (Wildman–Crippen MR) is 83.1 cm³/mol. The van der Waals surface area contributed by atoms with Crippen LogP contribution < -0.4 is 0 Å². The summed E-state index contributed by atoms with van der Waals surface area (Å²) in [7, 11) is 2.13. The average Bonchev–Trinajstić information content (AvgIpc) is 2.66. The van der Waals surface area contributed by atoms with Crippen molar-refractivity contribution >= 4 is 16.7 Å². The van der Waals surface area contributed by atoms with Gasteiger partial charge in [-0.2, -0.15) is 0 Å². The van der Waals surface area contributed by atoms with E-state index < -0.39 is 0 Å². The molecule has 1 aromatic carbocycles. The summed E-state index contributed by atoms with van der Waals surface area (Å²) in [6.07, 6.45) is 5.07. The molecule has 2 aromatic rings. The van der Waals surface area contributed by atoms with Crippen LogP contribution in [-0.4, -0.2) is 10.4 Å². The molecule has 0 saturated heterocycles. The maximum Gasteiger partial charge on any atom is 0.136 e. The number of nitrogens with zero attached hydrogens (tertiary/aromatic N) is 1. The third-order valence-corrected chi connectivity index (χ3v) is 4.91. The number of ketones is 1. The summed E-state index contributed by atoms with van der Waals surface area (Å²) >= 11 is 0. The highest BCUT2D eigenvalue weighted by Gasteiger charge is 2.24. The van der Waals surface area contributed by atoms with Gasteiger partial charge in [0.25, 0.3) is 0 Å². The molecule has 1 fully saturated rings. The van der Waals surface area contributed by atoms with Crippen molar-refractivity contribution < 1.29 is 4.79 Å². The van der Waals surface area contributed by atoms with Gasteiger partial charge in [0.05, 0.1) is 0 Å². The van der Waals surface area contributed by atoms with Gasteiger partial charge in [0.15, 0.2) is 0 Å². The van der Waals surface area contributed by atoms with Crippen LogP contribution in [0.15, 0.2) is 18.2 Å². The molecule has 106 valence electrons. The lowest BCUT2D eigenvalue weighted by atomic mass is 9.83. The van der Waals surface area contributed by atoms with Gasteiger partial charge in [-0.3, -0.25) is 4.79 Å². The maximum atomic E-state index is 12.1. The van der Waals surface area contributed by atoms with E-state index in [1.807, 2.05) is 0 Å². The molecular formula is C18H23NO. The number of rotatable bonds is 2. The van der Waals surface area contributed by atoms with Crippen molar-refractivity contribution in [2.75, 3.05) is 0 Å². The molecule has 1 saturated carbocycles. The SMILES string of the molecule is Cc1ccc2c(CC3CCCCC3=O)c(C)n(C)c2c1. The smallest absolute Gasteiger partial charge is 0.136 e. The number of aromatic nitrogens is 1. The maximum absolute atomic E-state index is 12.1. The lowest BCUT2D eigenvalue weighted by molar-refractivity contribution is -0.124. The minimum atomic E-state index is 0.245. The van der Waals surface area contributed by atoms with Crippen molar-refractivity contribution in [2.24, 2.45) is 13.0 Å². The van der Waals surface area contributed by atoms with Crippen LogP contribution in [0.2, 0.25) is 0 Å². The molecule has 1 atom stereocenters. The Kier molecular flexibility index (Phi) is 3.41. The van der Waals surface area contributed by atoms with E-state index in [1.165, 1.54) is 34.1 Å². The number of carbonyl (C=O) groups is 1. The fraction of sp³-hybridized carbons (Fsp3) is 0.500. The Bertz CT molecular complexity index is 666. The lowest BCUT2D eigenvalue weighted by Gasteiger charge is -2.20. The molecule has 2 nitrogen and oxygen atoms in total. The molecule has 1 unspecified atom stereocenters. The Morgan fingerprint density at radius 2 is 2.05 bits per heavy atom. The van der Waals surface area contributed by atoms with E-state index in [1.54, 1.807) is 0 Å². The van der Waals surface area contributed by atoms with Gasteiger partial charge in [0.1, 0.15) is 5.78 Å². The van der Waals surface area contributed by atoms with Gasteiger partial charge in [-0.15, -0.1) is 0 Å². The van der Waals surface area contributed by atoms with Crippen LogP contribution in [0.5, 0.6) is 0 Å². The third-order valence-electron chi connectivity index (χ3n) is 4.91. The molecule has 1 heterocycles. The molecular weight excluding hydrogens is 246 g/mol. The number of hydrogen-bond acceptors (Lipinski definition) is 1. The van der Waals surface area contributed by atoms with E-state index in [-0.39, 0.29) is 5.92 Å². The van der Waals surface area contributed by atoms with Crippen LogP contribution in [0.4, 0.5) is 0 Å². The molecule has 3 rings (SSSR count). The quantitative estimate of drug-likeness (QED) is 0.804. The van der Waals surface area contributed by atoms with Crippen LogP contribution >= 0.6 is 0 Å². The summed E-state index contributed by atoms with van der Waals surface area (Å²) < 4.78 is 2.27. The van der Waals surface area contributed by atoms with E-state index in [0.29, 0.717) is 5.78 Å². The van der Waals surface area contributed by atoms with Gasteiger partial charge in [0.2, 0.25) is 0 Å². The molecule has 1 aliphatic rings. The first kappa shape index (κ1) is 13.4. The first-order valence-electron chi connectivity index (χ1n) is 7.65. The summed E-state index contributed by atoms with van der Waals surface area (Å²) in [6, 6.07) is 6.64. The first-order valence-corrected chi connectivity index (χ1v) is 7.65. The highest BCUT2D eigenvalue weighted by Crippen LogP contribution is 2.31. The second-order valence-corrected chi connectivity index (χ2v) is 6.26. The summed E-state index contributed by atoms with van der Waals surface area (Å²) in [5, 5.41) is 1.33.